The molecule has 0 amide bonds. The summed E-state index contributed by atoms with van der Waals surface area (Å²) in [5.74, 6) is 0.384. The van der Waals surface area contributed by atoms with Gasteiger partial charge in [0.1, 0.15) is 5.78 Å². The van der Waals surface area contributed by atoms with Crippen molar-refractivity contribution in [2.24, 2.45) is 0 Å². The summed E-state index contributed by atoms with van der Waals surface area (Å²) in [4.78, 5) is 13.2. The summed E-state index contributed by atoms with van der Waals surface area (Å²) in [7, 11) is 0. The van der Waals surface area contributed by atoms with Crippen LogP contribution in [0.25, 0.3) is 0 Å². The van der Waals surface area contributed by atoms with Gasteiger partial charge in [0.15, 0.2) is 0 Å². The van der Waals surface area contributed by atoms with Gasteiger partial charge in [-0.05, 0) is 13.8 Å². The zero-order valence-corrected chi connectivity index (χ0v) is 7.26. The van der Waals surface area contributed by atoms with E-state index >= 15 is 0 Å². The highest BCUT2D eigenvalue weighted by atomic mass is 16.1. The van der Waals surface area contributed by atoms with E-state index in [2.05, 4.69) is 18.4 Å². The molecule has 2 nitrogen and oxygen atoms in total. The number of carbonyl (C=O) groups excluding carboxylic acids is 1. The first kappa shape index (κ1) is 8.31. The molecule has 1 aliphatic rings. The average Bonchev–Trinajstić information content (AvgIpc) is 1.85. The minimum absolute atomic E-state index is 0.355. The summed E-state index contributed by atoms with van der Waals surface area (Å²) in [6.07, 6.45) is 1.38. The van der Waals surface area contributed by atoms with Gasteiger partial charge >= 0.3 is 0 Å². The number of likely N-dealkylation sites (tertiary alicyclic amines) is 1. The molecule has 1 heterocycles. The monoisotopic (exact) mass is 153 g/mol. The lowest BCUT2D eigenvalue weighted by Crippen LogP contribution is -2.39. The van der Waals surface area contributed by atoms with Crippen molar-refractivity contribution in [2.45, 2.75) is 32.7 Å². The van der Waals surface area contributed by atoms with Crippen LogP contribution in [0.4, 0.5) is 0 Å². The van der Waals surface area contributed by atoms with Crippen LogP contribution in [-0.2, 0) is 4.79 Å². The smallest absolute Gasteiger partial charge is 0.136 e. The Morgan fingerprint density at radius 1 is 1.73 bits per heavy atom. The largest absolute Gasteiger partial charge is 0.372 e. The topological polar surface area (TPSA) is 20.3 Å². The molecule has 0 saturated carbocycles. The number of piperidine rings is 1. The average molecular weight is 153 g/mol. The Labute approximate surface area is 67.9 Å². The fraction of sp³-hybridized carbons (Fsp3) is 0.667. The quantitative estimate of drug-likeness (QED) is 0.570. The van der Waals surface area contributed by atoms with Crippen LogP contribution < -0.4 is 0 Å². The molecule has 1 saturated heterocycles. The molecule has 0 radical (unpaired) electrons. The summed E-state index contributed by atoms with van der Waals surface area (Å²) in [5.41, 5.74) is 1.07. The lowest BCUT2D eigenvalue weighted by atomic mass is 10.0. The van der Waals surface area contributed by atoms with Gasteiger partial charge in [0, 0.05) is 31.1 Å². The van der Waals surface area contributed by atoms with Gasteiger partial charge < -0.3 is 4.90 Å². The second kappa shape index (κ2) is 3.07. The maximum atomic E-state index is 11.0. The molecule has 0 aromatic heterocycles. The molecular weight excluding hydrogens is 138 g/mol. The third-order valence-corrected chi connectivity index (χ3v) is 2.18. The molecule has 0 N–H and O–H groups in total. The molecule has 1 unspecified atom stereocenters. The molecule has 2 heteroatoms. The van der Waals surface area contributed by atoms with Crippen LogP contribution in [0.1, 0.15) is 26.7 Å². The third kappa shape index (κ3) is 1.82. The highest BCUT2D eigenvalue weighted by molar-refractivity contribution is 5.80. The first-order chi connectivity index (χ1) is 5.11. The van der Waals surface area contributed by atoms with Gasteiger partial charge in [0.25, 0.3) is 0 Å². The highest BCUT2D eigenvalue weighted by Gasteiger charge is 2.22. The van der Waals surface area contributed by atoms with Gasteiger partial charge in [-0.15, -0.1) is 0 Å². The summed E-state index contributed by atoms with van der Waals surface area (Å²) in [6.45, 7) is 8.79. The standard InChI is InChI=1S/C9H15NO/c1-7(2)10-5-4-9(11)6-8(10)3/h8H,1,4-6H2,2-3H3. The molecule has 1 fully saturated rings. The van der Waals surface area contributed by atoms with E-state index in [1.807, 2.05) is 6.92 Å². The molecule has 0 aromatic rings. The fourth-order valence-electron chi connectivity index (χ4n) is 1.57. The third-order valence-electron chi connectivity index (χ3n) is 2.18. The number of Topliss-reactive ketones (excluding diaryl/α,β-unsaturated/α-hetero) is 1. The van der Waals surface area contributed by atoms with Crippen molar-refractivity contribution < 1.29 is 4.79 Å². The van der Waals surface area contributed by atoms with Crippen molar-refractivity contribution in [1.29, 1.82) is 0 Å². The number of nitrogens with zero attached hydrogens (tertiary/aromatic N) is 1. The van der Waals surface area contributed by atoms with E-state index in [1.165, 1.54) is 0 Å². The Bertz CT molecular complexity index is 186. The predicted octanol–water partition coefficient (Wildman–Crippen LogP) is 1.57. The van der Waals surface area contributed by atoms with E-state index in [0.29, 0.717) is 24.7 Å². The van der Waals surface area contributed by atoms with Gasteiger partial charge in [-0.25, -0.2) is 0 Å². The number of rotatable bonds is 1. The molecule has 1 rings (SSSR count). The predicted molar refractivity (Wildman–Crippen MR) is 45.2 cm³/mol. The maximum absolute atomic E-state index is 11.0. The summed E-state index contributed by atoms with van der Waals surface area (Å²) < 4.78 is 0. The van der Waals surface area contributed by atoms with Crippen LogP contribution >= 0.6 is 0 Å². The van der Waals surface area contributed by atoms with Crippen LogP contribution in [0.15, 0.2) is 12.3 Å². The molecule has 0 aliphatic carbocycles. The molecular formula is C9H15NO. The first-order valence-electron chi connectivity index (χ1n) is 4.05. The van der Waals surface area contributed by atoms with E-state index in [4.69, 9.17) is 0 Å². The normalized spacial score (nSPS) is 25.5. The number of carbonyl (C=O) groups is 1. The second-order valence-corrected chi connectivity index (χ2v) is 3.27. The van der Waals surface area contributed by atoms with Crippen LogP contribution in [0.2, 0.25) is 0 Å². The van der Waals surface area contributed by atoms with E-state index in [1.54, 1.807) is 0 Å². The SMILES string of the molecule is C=C(C)N1CCC(=O)CC1C. The van der Waals surface area contributed by atoms with Gasteiger partial charge in [-0.2, -0.15) is 0 Å². The van der Waals surface area contributed by atoms with Crippen molar-refractivity contribution in [3.05, 3.63) is 12.3 Å². The molecule has 11 heavy (non-hydrogen) atoms. The Balaban J connectivity index is 2.57. The van der Waals surface area contributed by atoms with Crippen molar-refractivity contribution in [1.82, 2.24) is 4.90 Å². The number of hydrogen-bond donors (Lipinski definition) is 0. The van der Waals surface area contributed by atoms with Gasteiger partial charge in [-0.3, -0.25) is 4.79 Å². The number of ketones is 1. The van der Waals surface area contributed by atoms with Gasteiger partial charge in [-0.1, -0.05) is 6.58 Å². The van der Waals surface area contributed by atoms with Crippen LogP contribution in [0.5, 0.6) is 0 Å². The van der Waals surface area contributed by atoms with Crippen LogP contribution in [0, 0.1) is 0 Å². The first-order valence-corrected chi connectivity index (χ1v) is 4.05. The van der Waals surface area contributed by atoms with E-state index in [9.17, 15) is 4.79 Å². The van der Waals surface area contributed by atoms with Crippen molar-refractivity contribution in [3.63, 3.8) is 0 Å². The molecule has 0 bridgehead atoms. The highest BCUT2D eigenvalue weighted by Crippen LogP contribution is 2.17. The lowest BCUT2D eigenvalue weighted by Gasteiger charge is -2.34. The summed E-state index contributed by atoms with van der Waals surface area (Å²) in [6, 6.07) is 0.355. The zero-order chi connectivity index (χ0) is 8.43. The number of hydrogen-bond acceptors (Lipinski definition) is 2. The van der Waals surface area contributed by atoms with E-state index < -0.39 is 0 Å². The fourth-order valence-corrected chi connectivity index (χ4v) is 1.57. The molecule has 1 atom stereocenters. The Morgan fingerprint density at radius 3 is 2.82 bits per heavy atom. The minimum atomic E-state index is 0.355. The summed E-state index contributed by atoms with van der Waals surface area (Å²) in [5, 5.41) is 0. The van der Waals surface area contributed by atoms with Gasteiger partial charge in [0.2, 0.25) is 0 Å². The van der Waals surface area contributed by atoms with Gasteiger partial charge in [0.05, 0.1) is 0 Å². The van der Waals surface area contributed by atoms with Crippen molar-refractivity contribution >= 4 is 5.78 Å². The van der Waals surface area contributed by atoms with E-state index in [0.717, 1.165) is 12.2 Å². The molecule has 62 valence electrons. The Morgan fingerprint density at radius 2 is 2.36 bits per heavy atom. The molecule has 1 aliphatic heterocycles. The molecule has 0 spiro atoms. The summed E-state index contributed by atoms with van der Waals surface area (Å²) >= 11 is 0. The van der Waals surface area contributed by atoms with Crippen molar-refractivity contribution in [3.8, 4) is 0 Å². The maximum Gasteiger partial charge on any atom is 0.136 e. The van der Waals surface area contributed by atoms with Crippen LogP contribution in [0.3, 0.4) is 0 Å². The lowest BCUT2D eigenvalue weighted by molar-refractivity contribution is -0.122. The Kier molecular flexibility index (Phi) is 2.32. The number of allylic oxidation sites excluding steroid dienone is 1. The Hall–Kier alpha value is -0.790. The zero-order valence-electron chi connectivity index (χ0n) is 7.26. The minimum Gasteiger partial charge on any atom is -0.372 e. The van der Waals surface area contributed by atoms with Crippen molar-refractivity contribution in [2.75, 3.05) is 6.54 Å². The molecule has 0 aromatic carbocycles. The van der Waals surface area contributed by atoms with Crippen LogP contribution in [-0.4, -0.2) is 23.3 Å². The second-order valence-electron chi connectivity index (χ2n) is 3.27. The van der Waals surface area contributed by atoms with E-state index in [-0.39, 0.29) is 0 Å².